The number of amides is 3. The third-order valence-corrected chi connectivity index (χ3v) is 4.35. The summed E-state index contributed by atoms with van der Waals surface area (Å²) in [7, 11) is 0. The van der Waals surface area contributed by atoms with Crippen LogP contribution in [0.5, 0.6) is 0 Å². The highest BCUT2D eigenvalue weighted by atomic mass is 32.1. The molecule has 6 nitrogen and oxygen atoms in total. The molecule has 1 aliphatic heterocycles. The second-order valence-corrected chi connectivity index (χ2v) is 6.89. The number of rotatable bonds is 5. The first kappa shape index (κ1) is 19.1. The summed E-state index contributed by atoms with van der Waals surface area (Å²) in [5.41, 5.74) is 0.767. The van der Waals surface area contributed by atoms with Gasteiger partial charge in [0.15, 0.2) is 5.11 Å². The number of nitrogens with one attached hydrogen (secondary N) is 1. The van der Waals surface area contributed by atoms with E-state index in [-0.39, 0.29) is 42.8 Å². The predicted octanol–water partition coefficient (Wildman–Crippen LogP) is 2.19. The average molecular weight is 361 g/mol. The molecule has 0 aromatic heterocycles. The van der Waals surface area contributed by atoms with Crippen LogP contribution in [0.1, 0.15) is 54.8 Å². The zero-order valence-electron chi connectivity index (χ0n) is 14.9. The van der Waals surface area contributed by atoms with E-state index < -0.39 is 0 Å². The van der Waals surface area contributed by atoms with Gasteiger partial charge in [0, 0.05) is 25.0 Å². The number of thiocarbonyl (C=S) groups is 1. The monoisotopic (exact) mass is 361 g/mol. The lowest BCUT2D eigenvalue weighted by atomic mass is 10.1. The van der Waals surface area contributed by atoms with Crippen molar-refractivity contribution >= 4 is 35.1 Å². The molecule has 1 aliphatic rings. The Morgan fingerprint density at radius 3 is 2.00 bits per heavy atom. The van der Waals surface area contributed by atoms with Crippen molar-refractivity contribution in [1.82, 2.24) is 15.1 Å². The van der Waals surface area contributed by atoms with Crippen LogP contribution in [0.2, 0.25) is 0 Å². The number of hydrogen-bond acceptors (Lipinski definition) is 4. The van der Waals surface area contributed by atoms with Gasteiger partial charge in [0.2, 0.25) is 5.91 Å². The van der Waals surface area contributed by atoms with Crippen molar-refractivity contribution < 1.29 is 14.4 Å². The van der Waals surface area contributed by atoms with Gasteiger partial charge in [0.25, 0.3) is 11.8 Å². The van der Waals surface area contributed by atoms with Gasteiger partial charge in [-0.25, -0.2) is 0 Å². The van der Waals surface area contributed by atoms with Gasteiger partial charge >= 0.3 is 0 Å². The number of nitrogens with zero attached hydrogens (tertiary/aromatic N) is 2. The van der Waals surface area contributed by atoms with Gasteiger partial charge in [-0.2, -0.15) is 0 Å². The first-order chi connectivity index (χ1) is 11.7. The van der Waals surface area contributed by atoms with Gasteiger partial charge < -0.3 is 10.2 Å². The Hall–Kier alpha value is -2.28. The van der Waals surface area contributed by atoms with E-state index in [0.29, 0.717) is 16.2 Å². The maximum Gasteiger partial charge on any atom is 0.261 e. The molecule has 1 aromatic carbocycles. The molecular formula is C18H23N3O3S. The molecule has 3 amide bonds. The van der Waals surface area contributed by atoms with Gasteiger partial charge in [0.05, 0.1) is 11.1 Å². The Morgan fingerprint density at radius 1 is 1.08 bits per heavy atom. The van der Waals surface area contributed by atoms with E-state index >= 15 is 0 Å². The smallest absolute Gasteiger partial charge is 0.261 e. The minimum absolute atomic E-state index is 0.00956. The Bertz CT molecular complexity index is 672. The molecule has 0 atom stereocenters. The fourth-order valence-corrected chi connectivity index (χ4v) is 3.50. The molecule has 0 spiro atoms. The molecule has 134 valence electrons. The summed E-state index contributed by atoms with van der Waals surface area (Å²) in [4.78, 5) is 39.7. The second kappa shape index (κ2) is 7.74. The highest BCUT2D eigenvalue weighted by molar-refractivity contribution is 7.80. The average Bonchev–Trinajstić information content (AvgIpc) is 2.76. The Labute approximate surface area is 153 Å². The molecule has 0 unspecified atom stereocenters. The lowest BCUT2D eigenvalue weighted by molar-refractivity contribution is -0.119. The highest BCUT2D eigenvalue weighted by Crippen LogP contribution is 2.22. The Balaban J connectivity index is 1.94. The molecule has 2 rings (SSSR count). The van der Waals surface area contributed by atoms with Crippen LogP contribution in [-0.4, -0.2) is 51.3 Å². The molecule has 1 aromatic rings. The molecule has 1 N–H and O–H groups in total. The van der Waals surface area contributed by atoms with Crippen LogP contribution < -0.4 is 5.32 Å². The number of fused-ring (bicyclic) bond motifs is 1. The summed E-state index contributed by atoms with van der Waals surface area (Å²) >= 11 is 5.30. The Morgan fingerprint density at radius 2 is 1.56 bits per heavy atom. The highest BCUT2D eigenvalue weighted by Gasteiger charge is 2.35. The first-order valence-corrected chi connectivity index (χ1v) is 8.72. The number of carbonyl (C=O) groups excluding carboxylic acids is 3. The number of carbonyl (C=O) groups is 3. The summed E-state index contributed by atoms with van der Waals surface area (Å²) in [6.07, 6.45) is 0.00956. The largest absolute Gasteiger partial charge is 0.344 e. The fraction of sp³-hybridized carbons (Fsp3) is 0.444. The lowest BCUT2D eigenvalue weighted by Gasteiger charge is -2.33. The summed E-state index contributed by atoms with van der Waals surface area (Å²) in [6, 6.07) is 6.98. The van der Waals surface area contributed by atoms with Crippen LogP contribution >= 0.6 is 12.2 Å². The van der Waals surface area contributed by atoms with E-state index in [1.54, 1.807) is 24.3 Å². The number of benzene rings is 1. The zero-order chi connectivity index (χ0) is 18.7. The van der Waals surface area contributed by atoms with Crippen molar-refractivity contribution in [2.75, 3.05) is 6.54 Å². The molecule has 0 fully saturated rings. The van der Waals surface area contributed by atoms with E-state index in [1.165, 1.54) is 0 Å². The standard InChI is InChI=1S/C18H23N3O3S/c1-11(2)21(12(3)4)18(25)19-15(22)9-10-20-16(23)13-7-5-6-8-14(13)17(20)24/h5-8,11-12H,9-10H2,1-4H3,(H,19,22,25). The van der Waals surface area contributed by atoms with Crippen molar-refractivity contribution in [3.63, 3.8) is 0 Å². The molecule has 1 heterocycles. The van der Waals surface area contributed by atoms with Gasteiger partial charge in [0.1, 0.15) is 0 Å². The summed E-state index contributed by atoms with van der Waals surface area (Å²) in [5, 5.41) is 3.05. The molecular weight excluding hydrogens is 338 g/mol. The van der Waals surface area contributed by atoms with Crippen LogP contribution in [0.4, 0.5) is 0 Å². The van der Waals surface area contributed by atoms with E-state index in [9.17, 15) is 14.4 Å². The van der Waals surface area contributed by atoms with Crippen molar-refractivity contribution in [3.8, 4) is 0 Å². The van der Waals surface area contributed by atoms with Crippen LogP contribution in [0, 0.1) is 0 Å². The molecule has 7 heteroatoms. The van der Waals surface area contributed by atoms with Gasteiger partial charge in [-0.05, 0) is 52.0 Å². The van der Waals surface area contributed by atoms with E-state index in [0.717, 1.165) is 4.90 Å². The SMILES string of the molecule is CC(C)N(C(=S)NC(=O)CCN1C(=O)c2ccccc2C1=O)C(C)C. The van der Waals surface area contributed by atoms with E-state index in [4.69, 9.17) is 12.2 Å². The van der Waals surface area contributed by atoms with E-state index in [1.807, 2.05) is 32.6 Å². The molecule has 0 aliphatic carbocycles. The van der Waals surface area contributed by atoms with Crippen LogP contribution in [-0.2, 0) is 4.79 Å². The Kier molecular flexibility index (Phi) is 5.89. The summed E-state index contributed by atoms with van der Waals surface area (Å²) < 4.78 is 0. The summed E-state index contributed by atoms with van der Waals surface area (Å²) in [5.74, 6) is -1.03. The first-order valence-electron chi connectivity index (χ1n) is 8.31. The summed E-state index contributed by atoms with van der Waals surface area (Å²) in [6.45, 7) is 8.02. The fourth-order valence-electron chi connectivity index (χ4n) is 2.97. The van der Waals surface area contributed by atoms with Crippen molar-refractivity contribution in [2.45, 2.75) is 46.2 Å². The van der Waals surface area contributed by atoms with Gasteiger partial charge in [-0.1, -0.05) is 12.1 Å². The minimum atomic E-state index is -0.359. The minimum Gasteiger partial charge on any atom is -0.344 e. The van der Waals surface area contributed by atoms with Gasteiger partial charge in [-0.3, -0.25) is 19.3 Å². The third kappa shape index (κ3) is 4.04. The molecule has 0 saturated heterocycles. The third-order valence-electron chi connectivity index (χ3n) is 4.03. The van der Waals surface area contributed by atoms with Crippen LogP contribution in [0.25, 0.3) is 0 Å². The molecule has 0 radical (unpaired) electrons. The maximum absolute atomic E-state index is 12.3. The van der Waals surface area contributed by atoms with Crippen LogP contribution in [0.15, 0.2) is 24.3 Å². The van der Waals surface area contributed by atoms with Crippen molar-refractivity contribution in [1.29, 1.82) is 0 Å². The predicted molar refractivity (Wildman–Crippen MR) is 99.3 cm³/mol. The zero-order valence-corrected chi connectivity index (χ0v) is 15.7. The molecule has 25 heavy (non-hydrogen) atoms. The second-order valence-electron chi connectivity index (χ2n) is 6.51. The number of hydrogen-bond donors (Lipinski definition) is 1. The molecule has 0 saturated carbocycles. The molecule has 0 bridgehead atoms. The van der Waals surface area contributed by atoms with Crippen molar-refractivity contribution in [2.24, 2.45) is 0 Å². The van der Waals surface area contributed by atoms with Crippen LogP contribution in [0.3, 0.4) is 0 Å². The maximum atomic E-state index is 12.3. The van der Waals surface area contributed by atoms with Crippen molar-refractivity contribution in [3.05, 3.63) is 35.4 Å². The normalized spacial score (nSPS) is 13.4. The van der Waals surface area contributed by atoms with E-state index in [2.05, 4.69) is 5.32 Å². The topological polar surface area (TPSA) is 69.7 Å². The number of imide groups is 1. The quantitative estimate of drug-likeness (QED) is 0.643. The van der Waals surface area contributed by atoms with Gasteiger partial charge in [-0.15, -0.1) is 0 Å². The lowest BCUT2D eigenvalue weighted by Crippen LogP contribution is -2.49.